The normalized spacial score (nSPS) is 17.8. The molecule has 204 valence electrons. The molecule has 0 amide bonds. The third-order valence-corrected chi connectivity index (χ3v) is 9.31. The van der Waals surface area contributed by atoms with Gasteiger partial charge in [-0.1, -0.05) is 18.2 Å². The number of methoxy groups -OCH3 is 2. The summed E-state index contributed by atoms with van der Waals surface area (Å²) in [6.07, 6.45) is 2.49. The minimum Gasteiger partial charge on any atom is -0.496 e. The number of benzene rings is 1. The number of carbonyl (C=O) groups excluding carboxylic acids is 1. The van der Waals surface area contributed by atoms with Crippen LogP contribution in [-0.2, 0) is 24.5 Å². The number of thiophene rings is 1. The van der Waals surface area contributed by atoms with Gasteiger partial charge in [0, 0.05) is 18.8 Å². The second-order valence-corrected chi connectivity index (χ2v) is 12.0. The number of halogens is 1. The van der Waals surface area contributed by atoms with E-state index < -0.39 is 11.6 Å². The van der Waals surface area contributed by atoms with Crippen molar-refractivity contribution >= 4 is 43.5 Å². The lowest BCUT2D eigenvalue weighted by Gasteiger charge is -2.29. The van der Waals surface area contributed by atoms with Gasteiger partial charge in [0.25, 0.3) is 5.56 Å². The summed E-state index contributed by atoms with van der Waals surface area (Å²) < 4.78 is 31.3. The molecule has 11 heteroatoms. The Morgan fingerprint density at radius 1 is 1.26 bits per heavy atom. The van der Waals surface area contributed by atoms with E-state index in [1.807, 2.05) is 31.2 Å². The minimum atomic E-state index is -0.719. The molecule has 2 aliphatic rings. The molecule has 1 saturated carbocycles. The fraction of sp³-hybridized carbons (Fsp3) is 0.519. The topological polar surface area (TPSA) is 98.1 Å². The Morgan fingerprint density at radius 3 is 2.68 bits per heavy atom. The van der Waals surface area contributed by atoms with Gasteiger partial charge in [-0.2, -0.15) is 4.98 Å². The number of para-hydroxylation sites is 1. The van der Waals surface area contributed by atoms with Gasteiger partial charge in [0.05, 0.1) is 41.5 Å². The highest BCUT2D eigenvalue weighted by atomic mass is 79.9. The average molecular weight is 608 g/mol. The van der Waals surface area contributed by atoms with Crippen molar-refractivity contribution in [3.05, 3.63) is 49.5 Å². The van der Waals surface area contributed by atoms with Crippen LogP contribution in [0.15, 0.2) is 32.8 Å². The number of esters is 1. The van der Waals surface area contributed by atoms with E-state index in [1.54, 1.807) is 11.7 Å². The summed E-state index contributed by atoms with van der Waals surface area (Å²) in [5.74, 6) is 0.314. The number of carbonyl (C=O) groups is 1. The zero-order valence-electron chi connectivity index (χ0n) is 21.7. The molecule has 1 unspecified atom stereocenters. The van der Waals surface area contributed by atoms with Crippen LogP contribution in [0.5, 0.6) is 11.8 Å². The SMILES string of the molecule is COC(=O)CC1(n2c(OCC(OC3CCOCC3)c3ccccc3OC)nc3sc(Br)c(C)c3c2=O)CC1. The Balaban J connectivity index is 1.53. The summed E-state index contributed by atoms with van der Waals surface area (Å²) in [7, 11) is 2.98. The number of hydrogen-bond donors (Lipinski definition) is 0. The first-order chi connectivity index (χ1) is 18.4. The molecule has 2 aromatic heterocycles. The van der Waals surface area contributed by atoms with Crippen molar-refractivity contribution in [3.8, 4) is 11.8 Å². The summed E-state index contributed by atoms with van der Waals surface area (Å²) in [4.78, 5) is 31.5. The molecule has 2 fully saturated rings. The standard InChI is InChI=1S/C27H31BrN2O7S/c1-16-22-24(38-23(16)28)29-26(30(25(22)32)27(10-11-27)14-21(31)34-3)36-15-20(37-17-8-12-35-13-9-17)18-6-4-5-7-19(18)33-2/h4-7,17,20H,8-15H2,1-3H3. The van der Waals surface area contributed by atoms with Crippen LogP contribution in [0.25, 0.3) is 10.2 Å². The molecule has 9 nitrogen and oxygen atoms in total. The van der Waals surface area contributed by atoms with E-state index in [9.17, 15) is 9.59 Å². The van der Waals surface area contributed by atoms with Gasteiger partial charge < -0.3 is 23.7 Å². The third kappa shape index (κ3) is 5.34. The molecule has 3 aromatic rings. The number of fused-ring (bicyclic) bond motifs is 1. The smallest absolute Gasteiger partial charge is 0.307 e. The Hall–Kier alpha value is -2.47. The molecule has 1 aromatic carbocycles. The molecule has 1 aliphatic carbocycles. The molecule has 0 spiro atoms. The highest BCUT2D eigenvalue weighted by molar-refractivity contribution is 9.11. The Morgan fingerprint density at radius 2 is 2.00 bits per heavy atom. The van der Waals surface area contributed by atoms with Gasteiger partial charge in [-0.25, -0.2) is 0 Å². The average Bonchev–Trinajstić information content (AvgIpc) is 3.63. The van der Waals surface area contributed by atoms with E-state index >= 15 is 0 Å². The first kappa shape index (κ1) is 27.1. The van der Waals surface area contributed by atoms with Gasteiger partial charge in [0.1, 0.15) is 23.3 Å². The van der Waals surface area contributed by atoms with Crippen LogP contribution in [0.2, 0.25) is 0 Å². The van der Waals surface area contributed by atoms with Crippen LogP contribution in [0.4, 0.5) is 0 Å². The molecule has 1 aliphatic heterocycles. The molecular formula is C27H31BrN2O7S. The zero-order valence-corrected chi connectivity index (χ0v) is 24.1. The number of aromatic nitrogens is 2. The van der Waals surface area contributed by atoms with E-state index in [2.05, 4.69) is 15.9 Å². The fourth-order valence-electron chi connectivity index (χ4n) is 4.95. The molecular weight excluding hydrogens is 576 g/mol. The van der Waals surface area contributed by atoms with Crippen molar-refractivity contribution in [2.75, 3.05) is 34.0 Å². The van der Waals surface area contributed by atoms with Crippen LogP contribution < -0.4 is 15.0 Å². The van der Waals surface area contributed by atoms with Gasteiger partial charge in [-0.05, 0) is 60.2 Å². The number of nitrogens with zero attached hydrogens (tertiary/aromatic N) is 2. The second kappa shape index (κ2) is 11.3. The van der Waals surface area contributed by atoms with E-state index in [0.29, 0.717) is 42.0 Å². The monoisotopic (exact) mass is 606 g/mol. The highest BCUT2D eigenvalue weighted by Crippen LogP contribution is 2.48. The fourth-order valence-corrected chi connectivity index (χ4v) is 6.50. The Bertz CT molecular complexity index is 1380. The summed E-state index contributed by atoms with van der Waals surface area (Å²) in [6, 6.07) is 7.85. The second-order valence-electron chi connectivity index (χ2n) is 9.68. The van der Waals surface area contributed by atoms with Crippen molar-refractivity contribution in [1.29, 1.82) is 0 Å². The molecule has 1 atom stereocenters. The summed E-state index contributed by atoms with van der Waals surface area (Å²) in [5.41, 5.74) is 0.738. The lowest BCUT2D eigenvalue weighted by molar-refractivity contribution is -0.141. The van der Waals surface area contributed by atoms with Crippen LogP contribution in [0.1, 0.15) is 49.3 Å². The lowest BCUT2D eigenvalue weighted by Crippen LogP contribution is -2.35. The predicted molar refractivity (Wildman–Crippen MR) is 146 cm³/mol. The van der Waals surface area contributed by atoms with E-state index in [1.165, 1.54) is 18.4 Å². The Kier molecular flexibility index (Phi) is 8.08. The maximum Gasteiger partial charge on any atom is 0.307 e. The van der Waals surface area contributed by atoms with Crippen molar-refractivity contribution < 1.29 is 28.5 Å². The lowest BCUT2D eigenvalue weighted by atomic mass is 10.1. The highest BCUT2D eigenvalue weighted by Gasteiger charge is 2.50. The van der Waals surface area contributed by atoms with Crippen molar-refractivity contribution in [2.24, 2.45) is 0 Å². The van der Waals surface area contributed by atoms with Crippen LogP contribution >= 0.6 is 27.3 Å². The van der Waals surface area contributed by atoms with E-state index in [0.717, 1.165) is 27.8 Å². The first-order valence-electron chi connectivity index (χ1n) is 12.6. The van der Waals surface area contributed by atoms with Crippen molar-refractivity contribution in [2.45, 2.75) is 56.8 Å². The Labute approximate surface area is 233 Å². The first-order valence-corrected chi connectivity index (χ1v) is 14.3. The summed E-state index contributed by atoms with van der Waals surface area (Å²) in [6.45, 7) is 3.28. The van der Waals surface area contributed by atoms with Gasteiger partial charge in [-0.3, -0.25) is 14.2 Å². The predicted octanol–water partition coefficient (Wildman–Crippen LogP) is 4.91. The summed E-state index contributed by atoms with van der Waals surface area (Å²) in [5, 5.41) is 0.533. The number of rotatable bonds is 10. The van der Waals surface area contributed by atoms with E-state index in [4.69, 9.17) is 28.7 Å². The molecule has 38 heavy (non-hydrogen) atoms. The third-order valence-electron chi connectivity index (χ3n) is 7.25. The van der Waals surface area contributed by atoms with Gasteiger partial charge in [0.2, 0.25) is 0 Å². The molecule has 3 heterocycles. The van der Waals surface area contributed by atoms with Crippen LogP contribution in [0, 0.1) is 6.92 Å². The van der Waals surface area contributed by atoms with Crippen molar-refractivity contribution in [1.82, 2.24) is 9.55 Å². The van der Waals surface area contributed by atoms with E-state index in [-0.39, 0.29) is 36.7 Å². The summed E-state index contributed by atoms with van der Waals surface area (Å²) >= 11 is 4.93. The maximum atomic E-state index is 13.9. The quantitative estimate of drug-likeness (QED) is 0.300. The minimum absolute atomic E-state index is 0.00453. The molecule has 0 N–H and O–H groups in total. The van der Waals surface area contributed by atoms with Crippen LogP contribution in [-0.4, -0.2) is 55.7 Å². The number of hydrogen-bond acceptors (Lipinski definition) is 9. The van der Waals surface area contributed by atoms with Gasteiger partial charge in [-0.15, -0.1) is 11.3 Å². The number of ether oxygens (including phenoxy) is 5. The molecule has 5 rings (SSSR count). The molecule has 0 bridgehead atoms. The van der Waals surface area contributed by atoms with Crippen molar-refractivity contribution in [3.63, 3.8) is 0 Å². The van der Waals surface area contributed by atoms with Crippen LogP contribution in [0.3, 0.4) is 0 Å². The molecule has 0 radical (unpaired) electrons. The van der Waals surface area contributed by atoms with Gasteiger partial charge in [0.15, 0.2) is 0 Å². The largest absolute Gasteiger partial charge is 0.496 e. The maximum absolute atomic E-state index is 13.9. The zero-order chi connectivity index (χ0) is 26.9. The molecule has 1 saturated heterocycles. The van der Waals surface area contributed by atoms with Gasteiger partial charge >= 0.3 is 12.0 Å². The number of aryl methyl sites for hydroxylation is 1.